The second-order valence-corrected chi connectivity index (χ2v) is 5.28. The summed E-state index contributed by atoms with van der Waals surface area (Å²) in [5.74, 6) is 0. The minimum atomic E-state index is 0.517. The maximum absolute atomic E-state index is 5.64. The zero-order valence-electron chi connectivity index (χ0n) is 13.4. The lowest BCUT2D eigenvalue weighted by molar-refractivity contribution is 0.0571. The first kappa shape index (κ1) is 18.9. The third kappa shape index (κ3) is 14.1. The molecule has 0 bridgehead atoms. The summed E-state index contributed by atoms with van der Waals surface area (Å²) in [4.78, 5) is 0. The van der Waals surface area contributed by atoms with Crippen molar-refractivity contribution in [2.24, 2.45) is 0 Å². The molecule has 0 aromatic heterocycles. The van der Waals surface area contributed by atoms with Crippen molar-refractivity contribution < 1.29 is 9.47 Å². The summed E-state index contributed by atoms with van der Waals surface area (Å²) < 4.78 is 10.6. The molecule has 3 nitrogen and oxygen atoms in total. The highest BCUT2D eigenvalue weighted by Gasteiger charge is 2.07. The minimum Gasteiger partial charge on any atom is -0.382 e. The molecule has 116 valence electrons. The van der Waals surface area contributed by atoms with E-state index in [1.807, 2.05) is 0 Å². The van der Waals surface area contributed by atoms with Gasteiger partial charge in [0.25, 0.3) is 0 Å². The van der Waals surface area contributed by atoms with Crippen LogP contribution in [0.4, 0.5) is 0 Å². The third-order valence-electron chi connectivity index (χ3n) is 3.34. The van der Waals surface area contributed by atoms with Crippen LogP contribution in [0.3, 0.4) is 0 Å². The van der Waals surface area contributed by atoms with Crippen LogP contribution in [0.5, 0.6) is 0 Å². The fraction of sp³-hybridized carbons (Fsp3) is 1.00. The van der Waals surface area contributed by atoms with Gasteiger partial charge in [0, 0.05) is 13.2 Å². The van der Waals surface area contributed by atoms with E-state index in [1.165, 1.54) is 51.4 Å². The molecular weight excluding hydrogens is 238 g/mol. The van der Waals surface area contributed by atoms with E-state index >= 15 is 0 Å². The number of unbranched alkanes of at least 4 members (excludes halogenated alkanes) is 5. The molecule has 0 heterocycles. The molecule has 3 heteroatoms. The molecule has 0 aliphatic heterocycles. The monoisotopic (exact) mass is 273 g/mol. The van der Waals surface area contributed by atoms with E-state index in [0.29, 0.717) is 19.3 Å². The standard InChI is InChI=1S/C16H35NO2/c1-4-6-7-8-9-10-11-16(17-12-5-2)15-19-14-13-18-3/h16-17H,4-15H2,1-3H3. The van der Waals surface area contributed by atoms with Gasteiger partial charge < -0.3 is 14.8 Å². The zero-order valence-corrected chi connectivity index (χ0v) is 13.4. The quantitative estimate of drug-likeness (QED) is 0.461. The van der Waals surface area contributed by atoms with Crippen molar-refractivity contribution in [3.63, 3.8) is 0 Å². The van der Waals surface area contributed by atoms with Gasteiger partial charge in [-0.2, -0.15) is 0 Å². The average molecular weight is 273 g/mol. The number of methoxy groups -OCH3 is 1. The lowest BCUT2D eigenvalue weighted by Crippen LogP contribution is -2.34. The Morgan fingerprint density at radius 1 is 0.895 bits per heavy atom. The molecule has 19 heavy (non-hydrogen) atoms. The Balaban J connectivity index is 3.55. The number of hydrogen-bond acceptors (Lipinski definition) is 3. The summed E-state index contributed by atoms with van der Waals surface area (Å²) >= 11 is 0. The molecule has 0 aromatic rings. The van der Waals surface area contributed by atoms with Crippen molar-refractivity contribution in [2.45, 2.75) is 71.3 Å². The summed E-state index contributed by atoms with van der Waals surface area (Å²) in [5.41, 5.74) is 0. The Hall–Kier alpha value is -0.120. The molecule has 0 aliphatic rings. The zero-order chi connectivity index (χ0) is 14.2. The van der Waals surface area contributed by atoms with Gasteiger partial charge in [0.05, 0.1) is 19.8 Å². The smallest absolute Gasteiger partial charge is 0.0701 e. The first-order chi connectivity index (χ1) is 9.35. The molecule has 0 saturated carbocycles. The van der Waals surface area contributed by atoms with Crippen LogP contribution >= 0.6 is 0 Å². The predicted octanol–water partition coefficient (Wildman–Crippen LogP) is 3.77. The van der Waals surface area contributed by atoms with Gasteiger partial charge in [0.1, 0.15) is 0 Å². The SMILES string of the molecule is CCCCCCCCC(COCCOC)NCCC. The topological polar surface area (TPSA) is 30.5 Å². The van der Waals surface area contributed by atoms with Crippen molar-refractivity contribution in [1.82, 2.24) is 5.32 Å². The van der Waals surface area contributed by atoms with E-state index in [4.69, 9.17) is 9.47 Å². The first-order valence-electron chi connectivity index (χ1n) is 8.15. The molecule has 0 fully saturated rings. The second kappa shape index (κ2) is 15.9. The van der Waals surface area contributed by atoms with Gasteiger partial charge in [-0.05, 0) is 19.4 Å². The van der Waals surface area contributed by atoms with Crippen LogP contribution in [-0.2, 0) is 9.47 Å². The van der Waals surface area contributed by atoms with E-state index in [1.54, 1.807) is 7.11 Å². The number of ether oxygens (including phenoxy) is 2. The summed E-state index contributed by atoms with van der Waals surface area (Å²) in [6, 6.07) is 0.517. The number of nitrogens with one attached hydrogen (secondary N) is 1. The van der Waals surface area contributed by atoms with Gasteiger partial charge in [-0.25, -0.2) is 0 Å². The fourth-order valence-corrected chi connectivity index (χ4v) is 2.13. The molecule has 0 amide bonds. The highest BCUT2D eigenvalue weighted by Crippen LogP contribution is 2.09. The molecule has 1 atom stereocenters. The lowest BCUT2D eigenvalue weighted by Gasteiger charge is -2.18. The molecule has 1 unspecified atom stereocenters. The van der Waals surface area contributed by atoms with Crippen LogP contribution in [0.15, 0.2) is 0 Å². The van der Waals surface area contributed by atoms with E-state index < -0.39 is 0 Å². The van der Waals surface area contributed by atoms with Crippen molar-refractivity contribution in [3.8, 4) is 0 Å². The van der Waals surface area contributed by atoms with Gasteiger partial charge in [-0.1, -0.05) is 52.4 Å². The Morgan fingerprint density at radius 2 is 1.63 bits per heavy atom. The van der Waals surface area contributed by atoms with E-state index in [0.717, 1.165) is 13.2 Å². The van der Waals surface area contributed by atoms with Crippen LogP contribution in [0.25, 0.3) is 0 Å². The van der Waals surface area contributed by atoms with E-state index in [9.17, 15) is 0 Å². The van der Waals surface area contributed by atoms with Gasteiger partial charge in [-0.15, -0.1) is 0 Å². The molecule has 0 spiro atoms. The highest BCUT2D eigenvalue weighted by molar-refractivity contribution is 4.66. The van der Waals surface area contributed by atoms with E-state index in [-0.39, 0.29) is 0 Å². The van der Waals surface area contributed by atoms with Crippen LogP contribution in [0, 0.1) is 0 Å². The molecule has 0 radical (unpaired) electrons. The Morgan fingerprint density at radius 3 is 2.32 bits per heavy atom. The predicted molar refractivity (Wildman–Crippen MR) is 82.8 cm³/mol. The Labute approximate surface area is 120 Å². The molecule has 0 rings (SSSR count). The Kier molecular flexibility index (Phi) is 15.8. The maximum atomic E-state index is 5.64. The highest BCUT2D eigenvalue weighted by atomic mass is 16.5. The average Bonchev–Trinajstić information content (AvgIpc) is 2.43. The number of rotatable bonds is 15. The Bertz CT molecular complexity index is 165. The summed E-state index contributed by atoms with van der Waals surface area (Å²) in [7, 11) is 1.71. The minimum absolute atomic E-state index is 0.517. The van der Waals surface area contributed by atoms with Crippen molar-refractivity contribution in [1.29, 1.82) is 0 Å². The van der Waals surface area contributed by atoms with Gasteiger partial charge in [-0.3, -0.25) is 0 Å². The summed E-state index contributed by atoms with van der Waals surface area (Å²) in [5, 5.41) is 3.58. The summed E-state index contributed by atoms with van der Waals surface area (Å²) in [6.07, 6.45) is 10.6. The van der Waals surface area contributed by atoms with Crippen LogP contribution in [0.1, 0.15) is 65.2 Å². The molecule has 0 aromatic carbocycles. The third-order valence-corrected chi connectivity index (χ3v) is 3.34. The van der Waals surface area contributed by atoms with Crippen molar-refractivity contribution >= 4 is 0 Å². The van der Waals surface area contributed by atoms with Crippen LogP contribution < -0.4 is 5.32 Å². The molecule has 0 saturated heterocycles. The van der Waals surface area contributed by atoms with Crippen LogP contribution in [0.2, 0.25) is 0 Å². The van der Waals surface area contributed by atoms with Crippen LogP contribution in [-0.4, -0.2) is 39.5 Å². The fourth-order valence-electron chi connectivity index (χ4n) is 2.13. The first-order valence-corrected chi connectivity index (χ1v) is 8.15. The molecule has 0 aliphatic carbocycles. The summed E-state index contributed by atoms with van der Waals surface area (Å²) in [6.45, 7) is 7.78. The molecule has 1 N–H and O–H groups in total. The number of hydrogen-bond donors (Lipinski definition) is 1. The van der Waals surface area contributed by atoms with Gasteiger partial charge in [0.15, 0.2) is 0 Å². The van der Waals surface area contributed by atoms with E-state index in [2.05, 4.69) is 19.2 Å². The lowest BCUT2D eigenvalue weighted by atomic mass is 10.1. The van der Waals surface area contributed by atoms with Crippen molar-refractivity contribution in [2.75, 3.05) is 33.5 Å². The van der Waals surface area contributed by atoms with Crippen molar-refractivity contribution in [3.05, 3.63) is 0 Å². The largest absolute Gasteiger partial charge is 0.382 e. The maximum Gasteiger partial charge on any atom is 0.0701 e. The van der Waals surface area contributed by atoms with Gasteiger partial charge in [0.2, 0.25) is 0 Å². The normalized spacial score (nSPS) is 12.8. The van der Waals surface area contributed by atoms with Gasteiger partial charge >= 0.3 is 0 Å². The second-order valence-electron chi connectivity index (χ2n) is 5.28. The molecular formula is C16H35NO2.